The molecule has 0 radical (unpaired) electrons. The molecule has 3 N–H and O–H groups in total. The SMILES string of the molecule is C=CCCOCCNS(=O)(=O)c1ccc(CN)o1. The highest BCUT2D eigenvalue weighted by atomic mass is 32.2. The molecule has 0 fully saturated rings. The average molecular weight is 274 g/mol. The van der Waals surface area contributed by atoms with Gasteiger partial charge in [-0.15, -0.1) is 6.58 Å². The van der Waals surface area contributed by atoms with E-state index in [1.54, 1.807) is 6.08 Å². The minimum atomic E-state index is -3.61. The van der Waals surface area contributed by atoms with Crippen LogP contribution in [0.3, 0.4) is 0 Å². The minimum absolute atomic E-state index is 0.131. The normalized spacial score (nSPS) is 11.6. The van der Waals surface area contributed by atoms with Crippen molar-refractivity contribution in [3.05, 3.63) is 30.5 Å². The van der Waals surface area contributed by atoms with Crippen molar-refractivity contribution >= 4 is 10.0 Å². The van der Waals surface area contributed by atoms with Gasteiger partial charge in [-0.25, -0.2) is 13.1 Å². The molecule has 0 saturated heterocycles. The van der Waals surface area contributed by atoms with Crippen LogP contribution in [0.1, 0.15) is 12.2 Å². The molecule has 102 valence electrons. The summed E-state index contributed by atoms with van der Waals surface area (Å²) in [6.07, 6.45) is 2.48. The van der Waals surface area contributed by atoms with Gasteiger partial charge in [0.05, 0.1) is 19.8 Å². The molecule has 0 saturated carbocycles. The first kappa shape index (κ1) is 14.9. The Morgan fingerprint density at radius 1 is 1.44 bits per heavy atom. The molecule has 0 aliphatic carbocycles. The molecule has 1 aromatic heterocycles. The number of rotatable bonds is 9. The van der Waals surface area contributed by atoms with Gasteiger partial charge in [-0.05, 0) is 18.6 Å². The van der Waals surface area contributed by atoms with E-state index in [0.29, 0.717) is 19.0 Å². The van der Waals surface area contributed by atoms with E-state index in [9.17, 15) is 8.42 Å². The molecule has 7 heteroatoms. The lowest BCUT2D eigenvalue weighted by Gasteiger charge is -2.04. The number of sulfonamides is 1. The summed E-state index contributed by atoms with van der Waals surface area (Å²) in [7, 11) is -3.61. The second kappa shape index (κ2) is 7.32. The third-order valence-corrected chi connectivity index (χ3v) is 3.44. The molecule has 1 heterocycles. The number of nitrogens with two attached hydrogens (primary N) is 1. The summed E-state index contributed by atoms with van der Waals surface area (Å²) < 4.78 is 36.1. The topological polar surface area (TPSA) is 94.6 Å². The number of hydrogen-bond donors (Lipinski definition) is 2. The second-order valence-corrected chi connectivity index (χ2v) is 5.21. The summed E-state index contributed by atoms with van der Waals surface area (Å²) in [6.45, 7) is 4.75. The minimum Gasteiger partial charge on any atom is -0.447 e. The molecule has 18 heavy (non-hydrogen) atoms. The van der Waals surface area contributed by atoms with Crippen molar-refractivity contribution in [1.82, 2.24) is 4.72 Å². The Hall–Kier alpha value is -1.15. The molecule has 0 aromatic carbocycles. The first-order valence-corrected chi connectivity index (χ1v) is 7.05. The van der Waals surface area contributed by atoms with E-state index in [-0.39, 0.29) is 18.2 Å². The first-order valence-electron chi connectivity index (χ1n) is 5.57. The highest BCUT2D eigenvalue weighted by Gasteiger charge is 2.17. The van der Waals surface area contributed by atoms with Gasteiger partial charge in [-0.2, -0.15) is 0 Å². The van der Waals surface area contributed by atoms with E-state index in [1.165, 1.54) is 12.1 Å². The quantitative estimate of drug-likeness (QED) is 0.508. The number of furan rings is 1. The highest BCUT2D eigenvalue weighted by Crippen LogP contribution is 2.12. The van der Waals surface area contributed by atoms with Crippen LogP contribution in [0.4, 0.5) is 0 Å². The van der Waals surface area contributed by atoms with Crippen molar-refractivity contribution in [2.45, 2.75) is 18.1 Å². The van der Waals surface area contributed by atoms with Gasteiger partial charge in [0.1, 0.15) is 5.76 Å². The average Bonchev–Trinajstić information content (AvgIpc) is 2.83. The molecule has 0 bridgehead atoms. The van der Waals surface area contributed by atoms with Crippen LogP contribution in [0, 0.1) is 0 Å². The maximum atomic E-state index is 11.7. The van der Waals surface area contributed by atoms with Gasteiger partial charge in [-0.3, -0.25) is 0 Å². The molecule has 0 aliphatic heterocycles. The summed E-state index contributed by atoms with van der Waals surface area (Å²) in [5.74, 6) is 0.428. The van der Waals surface area contributed by atoms with E-state index in [1.807, 2.05) is 0 Å². The van der Waals surface area contributed by atoms with Gasteiger partial charge in [0, 0.05) is 6.54 Å². The lowest BCUT2D eigenvalue weighted by molar-refractivity contribution is 0.144. The first-order chi connectivity index (χ1) is 8.60. The van der Waals surface area contributed by atoms with Crippen molar-refractivity contribution in [3.63, 3.8) is 0 Å². The van der Waals surface area contributed by atoms with Crippen LogP contribution in [0.15, 0.2) is 34.3 Å². The summed E-state index contributed by atoms with van der Waals surface area (Å²) in [5, 5.41) is -0.131. The predicted octanol–water partition coefficient (Wildman–Crippen LogP) is 0.609. The molecule has 1 rings (SSSR count). The van der Waals surface area contributed by atoms with Crippen LogP contribution < -0.4 is 10.5 Å². The van der Waals surface area contributed by atoms with Gasteiger partial charge in [0.25, 0.3) is 10.0 Å². The zero-order valence-corrected chi connectivity index (χ0v) is 10.9. The zero-order chi connectivity index (χ0) is 13.4. The van der Waals surface area contributed by atoms with E-state index in [4.69, 9.17) is 14.9 Å². The molecule has 0 amide bonds. The van der Waals surface area contributed by atoms with E-state index >= 15 is 0 Å². The molecule has 0 atom stereocenters. The summed E-state index contributed by atoms with van der Waals surface area (Å²) in [6, 6.07) is 2.91. The Labute approximate surface area is 107 Å². The van der Waals surface area contributed by atoms with Crippen LogP contribution in [0.2, 0.25) is 0 Å². The lowest BCUT2D eigenvalue weighted by Crippen LogP contribution is -2.27. The fraction of sp³-hybridized carbons (Fsp3) is 0.455. The molecular weight excluding hydrogens is 256 g/mol. The number of hydrogen-bond acceptors (Lipinski definition) is 5. The van der Waals surface area contributed by atoms with E-state index in [2.05, 4.69) is 11.3 Å². The standard InChI is InChI=1S/C11H18N2O4S/c1-2-3-7-16-8-6-13-18(14,15)11-5-4-10(9-12)17-11/h2,4-5,13H,1,3,6-9,12H2. The number of ether oxygens (including phenoxy) is 1. The Kier molecular flexibility index (Phi) is 6.06. The Morgan fingerprint density at radius 2 is 2.22 bits per heavy atom. The van der Waals surface area contributed by atoms with Crippen molar-refractivity contribution in [1.29, 1.82) is 0 Å². The second-order valence-electron chi connectivity index (χ2n) is 3.51. The summed E-state index contributed by atoms with van der Waals surface area (Å²) in [4.78, 5) is 0. The summed E-state index contributed by atoms with van der Waals surface area (Å²) >= 11 is 0. The van der Waals surface area contributed by atoms with E-state index in [0.717, 1.165) is 6.42 Å². The number of nitrogens with one attached hydrogen (secondary N) is 1. The lowest BCUT2D eigenvalue weighted by atomic mass is 10.5. The largest absolute Gasteiger partial charge is 0.447 e. The third kappa shape index (κ3) is 4.61. The smallest absolute Gasteiger partial charge is 0.274 e. The van der Waals surface area contributed by atoms with Crippen LogP contribution in [0.5, 0.6) is 0 Å². The molecule has 1 aromatic rings. The van der Waals surface area contributed by atoms with Gasteiger partial charge >= 0.3 is 0 Å². The maximum Gasteiger partial charge on any atom is 0.274 e. The van der Waals surface area contributed by atoms with Crippen LogP contribution in [-0.2, 0) is 21.3 Å². The van der Waals surface area contributed by atoms with Crippen LogP contribution >= 0.6 is 0 Å². The molecule has 6 nitrogen and oxygen atoms in total. The molecule has 0 spiro atoms. The Bertz CT molecular complexity index is 467. The fourth-order valence-corrected chi connectivity index (χ4v) is 2.16. The van der Waals surface area contributed by atoms with Crippen LogP contribution in [0.25, 0.3) is 0 Å². The Morgan fingerprint density at radius 3 is 2.83 bits per heavy atom. The third-order valence-electron chi connectivity index (χ3n) is 2.11. The molecule has 0 aliphatic rings. The van der Waals surface area contributed by atoms with Gasteiger partial charge < -0.3 is 14.9 Å². The Balaban J connectivity index is 2.38. The fourth-order valence-electron chi connectivity index (χ4n) is 1.20. The predicted molar refractivity (Wildman–Crippen MR) is 67.4 cm³/mol. The van der Waals surface area contributed by atoms with Crippen molar-refractivity contribution in [2.75, 3.05) is 19.8 Å². The van der Waals surface area contributed by atoms with Crippen LogP contribution in [-0.4, -0.2) is 28.2 Å². The monoisotopic (exact) mass is 274 g/mol. The van der Waals surface area contributed by atoms with Crippen molar-refractivity contribution in [2.24, 2.45) is 5.73 Å². The van der Waals surface area contributed by atoms with Gasteiger partial charge in [0.2, 0.25) is 5.09 Å². The molecule has 0 unspecified atom stereocenters. The van der Waals surface area contributed by atoms with Gasteiger partial charge in [-0.1, -0.05) is 6.08 Å². The van der Waals surface area contributed by atoms with Gasteiger partial charge in [0.15, 0.2) is 0 Å². The highest BCUT2D eigenvalue weighted by molar-refractivity contribution is 7.89. The van der Waals surface area contributed by atoms with Crippen molar-refractivity contribution < 1.29 is 17.6 Å². The van der Waals surface area contributed by atoms with Crippen molar-refractivity contribution in [3.8, 4) is 0 Å². The summed E-state index contributed by atoms with van der Waals surface area (Å²) in [5.41, 5.74) is 5.34. The zero-order valence-electron chi connectivity index (χ0n) is 10.1. The molecular formula is C11H18N2O4S. The van der Waals surface area contributed by atoms with E-state index < -0.39 is 10.0 Å². The maximum absolute atomic E-state index is 11.7.